The summed E-state index contributed by atoms with van der Waals surface area (Å²) in [6.45, 7) is 1.94. The van der Waals surface area contributed by atoms with Gasteiger partial charge in [-0.05, 0) is 30.7 Å². The van der Waals surface area contributed by atoms with Crippen LogP contribution in [0.3, 0.4) is 0 Å². The summed E-state index contributed by atoms with van der Waals surface area (Å²) < 4.78 is 5.56. The van der Waals surface area contributed by atoms with Gasteiger partial charge in [-0.2, -0.15) is 0 Å². The van der Waals surface area contributed by atoms with Crippen molar-refractivity contribution in [3.63, 3.8) is 0 Å². The van der Waals surface area contributed by atoms with Crippen LogP contribution >= 0.6 is 23.1 Å². The number of ether oxygens (including phenoxy) is 1. The van der Waals surface area contributed by atoms with Crippen LogP contribution in [0.4, 0.5) is 5.69 Å². The van der Waals surface area contributed by atoms with E-state index in [1.807, 2.05) is 43.3 Å². The lowest BCUT2D eigenvalue weighted by Gasteiger charge is -2.38. The zero-order chi connectivity index (χ0) is 20.1. The highest BCUT2D eigenvalue weighted by Crippen LogP contribution is 2.53. The van der Waals surface area contributed by atoms with Crippen molar-refractivity contribution in [2.45, 2.75) is 23.1 Å². The fraction of sp³-hybridized carbons (Fsp3) is 0.190. The highest BCUT2D eigenvalue weighted by Gasteiger charge is 2.51. The van der Waals surface area contributed by atoms with Crippen LogP contribution in [0.15, 0.2) is 58.4 Å². The monoisotopic (exact) mass is 424 g/mol. The number of hydrogen-bond acceptors (Lipinski definition) is 6. The molecule has 2 aromatic carbocycles. The molecule has 2 N–H and O–H groups in total. The first kappa shape index (κ1) is 18.2. The second-order valence-corrected chi connectivity index (χ2v) is 9.23. The number of amides is 1. The summed E-state index contributed by atoms with van der Waals surface area (Å²) >= 11 is 2.31. The number of fused-ring (bicyclic) bond motifs is 5. The molecule has 0 unspecified atom stereocenters. The molecule has 2 aliphatic rings. The molecule has 0 fully saturated rings. The highest BCUT2D eigenvalue weighted by atomic mass is 32.2. The molecule has 3 atom stereocenters. The molecule has 0 saturated heterocycles. The molecule has 2 aliphatic heterocycles. The number of benzene rings is 2. The Morgan fingerprint density at radius 2 is 1.97 bits per heavy atom. The van der Waals surface area contributed by atoms with Gasteiger partial charge in [0.05, 0.1) is 10.9 Å². The molecular formula is C21H16N2O4S2. The van der Waals surface area contributed by atoms with Crippen molar-refractivity contribution in [2.24, 2.45) is 5.92 Å². The lowest BCUT2D eigenvalue weighted by atomic mass is 9.80. The Hall–Kier alpha value is -2.84. The highest BCUT2D eigenvalue weighted by molar-refractivity contribution is 8.00. The molecule has 29 heavy (non-hydrogen) atoms. The Morgan fingerprint density at radius 3 is 2.79 bits per heavy atom. The molecule has 6 nitrogen and oxygen atoms in total. The van der Waals surface area contributed by atoms with Gasteiger partial charge in [0, 0.05) is 22.0 Å². The predicted octanol–water partition coefficient (Wildman–Crippen LogP) is 3.52. The summed E-state index contributed by atoms with van der Waals surface area (Å²) in [6, 6.07) is 14.8. The molecule has 5 rings (SSSR count). The first-order chi connectivity index (χ1) is 14.0. The molecule has 8 heteroatoms. The third-order valence-corrected chi connectivity index (χ3v) is 7.55. The van der Waals surface area contributed by atoms with Crippen molar-refractivity contribution in [2.75, 3.05) is 5.32 Å². The smallest absolute Gasteiger partial charge is 0.317 e. The number of para-hydroxylation sites is 1. The van der Waals surface area contributed by atoms with Crippen molar-refractivity contribution in [3.05, 3.63) is 74.2 Å². The van der Waals surface area contributed by atoms with E-state index in [4.69, 9.17) is 4.74 Å². The van der Waals surface area contributed by atoms with Crippen LogP contribution in [0.5, 0.6) is 5.75 Å². The third kappa shape index (κ3) is 3.08. The minimum Gasteiger partial charge on any atom is -0.426 e. The maximum Gasteiger partial charge on any atom is 0.317 e. The van der Waals surface area contributed by atoms with E-state index in [-0.39, 0.29) is 16.7 Å². The molecule has 0 saturated carbocycles. The lowest BCUT2D eigenvalue weighted by Crippen LogP contribution is -2.46. The molecule has 0 bridgehead atoms. The number of rotatable bonds is 2. The minimum absolute atomic E-state index is 0.197. The summed E-state index contributed by atoms with van der Waals surface area (Å²) in [4.78, 5) is 41.6. The van der Waals surface area contributed by atoms with Gasteiger partial charge < -0.3 is 15.0 Å². The number of esters is 1. The fourth-order valence-corrected chi connectivity index (χ4v) is 6.37. The van der Waals surface area contributed by atoms with E-state index in [0.717, 1.165) is 27.3 Å². The molecule has 146 valence electrons. The number of aromatic amines is 1. The number of hydrogen-bond donors (Lipinski definition) is 2. The summed E-state index contributed by atoms with van der Waals surface area (Å²) in [5, 5.41) is 2.84. The van der Waals surface area contributed by atoms with Gasteiger partial charge in [-0.15, -0.1) is 0 Å². The van der Waals surface area contributed by atoms with Crippen molar-refractivity contribution in [3.8, 4) is 5.75 Å². The number of nitrogens with one attached hydrogen (secondary N) is 2. The molecule has 0 aliphatic carbocycles. The molecule has 1 amide bonds. The van der Waals surface area contributed by atoms with Crippen molar-refractivity contribution >= 4 is 40.7 Å². The van der Waals surface area contributed by atoms with Gasteiger partial charge in [-0.3, -0.25) is 14.4 Å². The SMILES string of the molecule is Cc1cccc(NC(=O)[C@@H]2Sc3[nH]c(=O)sc3[C@H]3c4ccccc4OC(=O)[C@@H]32)c1. The van der Waals surface area contributed by atoms with Gasteiger partial charge in [0.2, 0.25) is 5.91 Å². The Kier molecular flexibility index (Phi) is 4.33. The molecule has 1 aromatic heterocycles. The zero-order valence-electron chi connectivity index (χ0n) is 15.3. The van der Waals surface area contributed by atoms with Gasteiger partial charge in [-0.1, -0.05) is 53.4 Å². The van der Waals surface area contributed by atoms with Crippen molar-refractivity contribution in [1.82, 2.24) is 4.98 Å². The number of anilines is 1. The number of aromatic nitrogens is 1. The summed E-state index contributed by atoms with van der Waals surface area (Å²) in [5.74, 6) is -1.35. The Balaban J connectivity index is 1.59. The predicted molar refractivity (Wildman–Crippen MR) is 112 cm³/mol. The molecule has 0 spiro atoms. The summed E-state index contributed by atoms with van der Waals surface area (Å²) in [5.41, 5.74) is 2.51. The molecule has 3 heterocycles. The van der Waals surface area contributed by atoms with Crippen LogP contribution in [0.2, 0.25) is 0 Å². The minimum atomic E-state index is -0.723. The van der Waals surface area contributed by atoms with E-state index in [1.165, 1.54) is 11.8 Å². The van der Waals surface area contributed by atoms with Gasteiger partial charge in [0.15, 0.2) is 0 Å². The largest absolute Gasteiger partial charge is 0.426 e. The van der Waals surface area contributed by atoms with E-state index in [2.05, 4.69) is 10.3 Å². The van der Waals surface area contributed by atoms with Crippen LogP contribution in [-0.2, 0) is 9.59 Å². The molecular weight excluding hydrogens is 408 g/mol. The quantitative estimate of drug-likeness (QED) is 0.485. The van der Waals surface area contributed by atoms with Crippen LogP contribution < -0.4 is 14.9 Å². The second kappa shape index (κ2) is 6.89. The lowest BCUT2D eigenvalue weighted by molar-refractivity contribution is -0.142. The average Bonchev–Trinajstić information content (AvgIpc) is 3.07. The van der Waals surface area contributed by atoms with Crippen LogP contribution in [-0.4, -0.2) is 22.1 Å². The molecule has 3 aromatic rings. The topological polar surface area (TPSA) is 88.3 Å². The Bertz CT molecular complexity index is 1200. The maximum atomic E-state index is 13.2. The van der Waals surface area contributed by atoms with Crippen LogP contribution in [0, 0.1) is 12.8 Å². The van der Waals surface area contributed by atoms with E-state index < -0.39 is 17.1 Å². The van der Waals surface area contributed by atoms with Crippen LogP contribution in [0.25, 0.3) is 0 Å². The van der Waals surface area contributed by atoms with E-state index >= 15 is 0 Å². The first-order valence-corrected chi connectivity index (χ1v) is 10.8. The van der Waals surface area contributed by atoms with E-state index in [1.54, 1.807) is 12.1 Å². The number of carbonyl (C=O) groups is 2. The number of thioether (sulfide) groups is 1. The van der Waals surface area contributed by atoms with Crippen LogP contribution in [0.1, 0.15) is 21.9 Å². The molecule has 0 radical (unpaired) electrons. The summed E-state index contributed by atoms with van der Waals surface area (Å²) in [6.07, 6.45) is 0. The van der Waals surface area contributed by atoms with Gasteiger partial charge in [0.1, 0.15) is 11.0 Å². The Labute approximate surface area is 174 Å². The van der Waals surface area contributed by atoms with Gasteiger partial charge in [-0.25, -0.2) is 0 Å². The average molecular weight is 425 g/mol. The fourth-order valence-electron chi connectivity index (χ4n) is 3.91. The normalized spacial score (nSPS) is 22.1. The zero-order valence-corrected chi connectivity index (χ0v) is 16.9. The van der Waals surface area contributed by atoms with Crippen molar-refractivity contribution in [1.29, 1.82) is 0 Å². The van der Waals surface area contributed by atoms with Gasteiger partial charge in [0.25, 0.3) is 0 Å². The Morgan fingerprint density at radius 1 is 1.14 bits per heavy atom. The maximum absolute atomic E-state index is 13.2. The summed E-state index contributed by atoms with van der Waals surface area (Å²) in [7, 11) is 0. The third-order valence-electron chi connectivity index (χ3n) is 5.14. The number of aryl methyl sites for hydroxylation is 1. The van der Waals surface area contributed by atoms with Crippen molar-refractivity contribution < 1.29 is 14.3 Å². The first-order valence-electron chi connectivity index (χ1n) is 9.09. The number of carbonyl (C=O) groups excluding carboxylic acids is 2. The standard InChI is InChI=1S/C21H16N2O4S2/c1-10-5-4-6-11(9-10)22-18(24)16-15-14(17-19(28-16)23-21(26)29-17)12-7-2-3-8-13(12)27-20(15)25/h2-9,14-16H,1H3,(H,22,24)(H,23,26)/t14-,15-,16+/m0/s1. The number of thiazole rings is 1. The van der Waals surface area contributed by atoms with E-state index in [0.29, 0.717) is 16.5 Å². The van der Waals surface area contributed by atoms with E-state index in [9.17, 15) is 14.4 Å². The van der Waals surface area contributed by atoms with Gasteiger partial charge >= 0.3 is 10.8 Å². The number of H-pyrrole nitrogens is 1. The second-order valence-electron chi connectivity index (χ2n) is 7.07.